The molecule has 0 saturated heterocycles. The van der Waals surface area contributed by atoms with E-state index in [-0.39, 0.29) is 11.2 Å². The van der Waals surface area contributed by atoms with Gasteiger partial charge in [-0.2, -0.15) is 11.8 Å². The van der Waals surface area contributed by atoms with Gasteiger partial charge in [0.1, 0.15) is 25.4 Å². The number of ether oxygens (including phenoxy) is 3. The standard InChI is InChI=1S/C23H28N6O3S/c1-14(21(33-3)17-4-5-25-23-20(17)31-6-7-32-23)11-26-19-9-18(28-13-29-19)16-8-15(10-24)22(30-2)27-12-16/h4-5,8-9,12-14,21H,6-7,10-11,24H2,1-3H3,(H,26,28,29)/t14-,21?/m1/s1. The molecule has 0 radical (unpaired) electrons. The number of fused-ring (bicyclic) bond motifs is 1. The summed E-state index contributed by atoms with van der Waals surface area (Å²) in [7, 11) is 1.58. The quantitative estimate of drug-likeness (QED) is 0.484. The number of aromatic nitrogens is 4. The Morgan fingerprint density at radius 3 is 2.82 bits per heavy atom. The largest absolute Gasteiger partial charge is 0.484 e. The first kappa shape index (κ1) is 23.1. The van der Waals surface area contributed by atoms with Gasteiger partial charge >= 0.3 is 0 Å². The molecule has 0 saturated carbocycles. The summed E-state index contributed by atoms with van der Waals surface area (Å²) < 4.78 is 16.8. The van der Waals surface area contributed by atoms with Gasteiger partial charge in [-0.15, -0.1) is 0 Å². The molecule has 0 amide bonds. The predicted molar refractivity (Wildman–Crippen MR) is 129 cm³/mol. The molecule has 1 unspecified atom stereocenters. The maximum atomic E-state index is 5.88. The second-order valence-electron chi connectivity index (χ2n) is 7.63. The monoisotopic (exact) mass is 468 g/mol. The number of rotatable bonds is 9. The molecule has 1 aliphatic rings. The molecular formula is C23H28N6O3S. The molecule has 0 aliphatic carbocycles. The second-order valence-corrected chi connectivity index (χ2v) is 8.61. The minimum Gasteiger partial charge on any atom is -0.484 e. The number of methoxy groups -OCH3 is 1. The lowest BCUT2D eigenvalue weighted by molar-refractivity contribution is 0.162. The molecule has 1 aliphatic heterocycles. The van der Waals surface area contributed by atoms with E-state index in [9.17, 15) is 0 Å². The Balaban J connectivity index is 1.48. The van der Waals surface area contributed by atoms with Gasteiger partial charge in [-0.25, -0.2) is 19.9 Å². The van der Waals surface area contributed by atoms with E-state index in [0.717, 1.165) is 40.5 Å². The van der Waals surface area contributed by atoms with Crippen molar-refractivity contribution in [3.05, 3.63) is 48.0 Å². The number of pyridine rings is 2. The van der Waals surface area contributed by atoms with Gasteiger partial charge in [0, 0.05) is 53.5 Å². The third kappa shape index (κ3) is 5.12. The van der Waals surface area contributed by atoms with Crippen molar-refractivity contribution in [1.82, 2.24) is 19.9 Å². The van der Waals surface area contributed by atoms with E-state index in [2.05, 4.69) is 38.4 Å². The highest BCUT2D eigenvalue weighted by atomic mass is 32.2. The Bertz CT molecular complexity index is 1100. The fourth-order valence-electron chi connectivity index (χ4n) is 3.82. The number of thioether (sulfide) groups is 1. The molecule has 3 aromatic rings. The van der Waals surface area contributed by atoms with Crippen LogP contribution in [-0.4, -0.2) is 53.1 Å². The fraction of sp³-hybridized carbons (Fsp3) is 0.391. The number of nitrogens with zero attached hydrogens (tertiary/aromatic N) is 4. The summed E-state index contributed by atoms with van der Waals surface area (Å²) in [6.45, 7) is 4.32. The molecule has 4 rings (SSSR count). The lowest BCUT2D eigenvalue weighted by Crippen LogP contribution is -2.21. The first-order valence-electron chi connectivity index (χ1n) is 10.7. The summed E-state index contributed by atoms with van der Waals surface area (Å²) >= 11 is 1.78. The van der Waals surface area contributed by atoms with Gasteiger partial charge in [0.15, 0.2) is 5.75 Å². The Morgan fingerprint density at radius 1 is 1.18 bits per heavy atom. The molecule has 4 heterocycles. The summed E-state index contributed by atoms with van der Waals surface area (Å²) in [5.41, 5.74) is 9.38. The third-order valence-corrected chi connectivity index (χ3v) is 6.68. The Hall–Kier alpha value is -3.11. The van der Waals surface area contributed by atoms with Crippen LogP contribution >= 0.6 is 11.8 Å². The molecule has 9 nitrogen and oxygen atoms in total. The second kappa shape index (κ2) is 10.7. The molecule has 10 heteroatoms. The molecule has 0 bridgehead atoms. The van der Waals surface area contributed by atoms with Crippen molar-refractivity contribution in [1.29, 1.82) is 0 Å². The maximum absolute atomic E-state index is 5.88. The van der Waals surface area contributed by atoms with Crippen LogP contribution in [0.3, 0.4) is 0 Å². The van der Waals surface area contributed by atoms with E-state index in [0.29, 0.717) is 31.5 Å². The molecule has 0 spiro atoms. The molecular weight excluding hydrogens is 440 g/mol. The van der Waals surface area contributed by atoms with Crippen LogP contribution in [0.4, 0.5) is 5.82 Å². The van der Waals surface area contributed by atoms with Crippen LogP contribution in [0.1, 0.15) is 23.3 Å². The van der Waals surface area contributed by atoms with E-state index in [1.807, 2.05) is 18.2 Å². The number of anilines is 1. The molecule has 174 valence electrons. The number of nitrogens with one attached hydrogen (secondary N) is 1. The fourth-order valence-corrected chi connectivity index (χ4v) is 4.82. The summed E-state index contributed by atoms with van der Waals surface area (Å²) in [6.07, 6.45) is 7.16. The first-order valence-corrected chi connectivity index (χ1v) is 12.0. The zero-order chi connectivity index (χ0) is 23.2. The molecule has 33 heavy (non-hydrogen) atoms. The molecule has 3 N–H and O–H groups in total. The lowest BCUT2D eigenvalue weighted by Gasteiger charge is -2.27. The minimum atomic E-state index is 0.204. The molecule has 0 aromatic carbocycles. The van der Waals surface area contributed by atoms with Crippen LogP contribution < -0.4 is 25.3 Å². The summed E-state index contributed by atoms with van der Waals surface area (Å²) in [6, 6.07) is 5.87. The van der Waals surface area contributed by atoms with Gasteiger partial charge in [0.05, 0.1) is 12.8 Å². The van der Waals surface area contributed by atoms with E-state index in [1.54, 1.807) is 37.6 Å². The van der Waals surface area contributed by atoms with Crippen LogP contribution in [0.5, 0.6) is 17.5 Å². The van der Waals surface area contributed by atoms with Gasteiger partial charge in [-0.3, -0.25) is 0 Å². The number of hydrogen-bond donors (Lipinski definition) is 2. The van der Waals surface area contributed by atoms with Crippen LogP contribution in [0.2, 0.25) is 0 Å². The highest BCUT2D eigenvalue weighted by molar-refractivity contribution is 7.98. The van der Waals surface area contributed by atoms with Crippen LogP contribution in [0.15, 0.2) is 36.9 Å². The highest BCUT2D eigenvalue weighted by Gasteiger charge is 2.26. The van der Waals surface area contributed by atoms with E-state index >= 15 is 0 Å². The van der Waals surface area contributed by atoms with E-state index in [1.165, 1.54) is 0 Å². The predicted octanol–water partition coefficient (Wildman–Crippen LogP) is 3.32. The average molecular weight is 469 g/mol. The average Bonchev–Trinajstić information content (AvgIpc) is 2.87. The van der Waals surface area contributed by atoms with Crippen LogP contribution in [0.25, 0.3) is 11.3 Å². The van der Waals surface area contributed by atoms with Crippen molar-refractivity contribution in [2.75, 3.05) is 38.4 Å². The van der Waals surface area contributed by atoms with Gasteiger partial charge in [0.2, 0.25) is 5.88 Å². The normalized spacial score (nSPS) is 14.4. The first-order chi connectivity index (χ1) is 16.1. The molecule has 2 atom stereocenters. The Kier molecular flexibility index (Phi) is 7.46. The van der Waals surface area contributed by atoms with Crippen molar-refractivity contribution >= 4 is 17.6 Å². The zero-order valence-electron chi connectivity index (χ0n) is 18.9. The number of hydrogen-bond acceptors (Lipinski definition) is 10. The Morgan fingerprint density at radius 2 is 2.03 bits per heavy atom. The minimum absolute atomic E-state index is 0.204. The molecule has 3 aromatic heterocycles. The summed E-state index contributed by atoms with van der Waals surface area (Å²) in [4.78, 5) is 17.4. The molecule has 0 fully saturated rings. The van der Waals surface area contributed by atoms with Crippen molar-refractivity contribution < 1.29 is 14.2 Å². The highest BCUT2D eigenvalue weighted by Crippen LogP contribution is 2.43. The number of nitrogens with two attached hydrogens (primary N) is 1. The van der Waals surface area contributed by atoms with Crippen LogP contribution in [-0.2, 0) is 6.54 Å². The lowest BCUT2D eigenvalue weighted by atomic mass is 10.00. The van der Waals surface area contributed by atoms with Gasteiger partial charge in [-0.1, -0.05) is 6.92 Å². The van der Waals surface area contributed by atoms with Crippen molar-refractivity contribution in [2.24, 2.45) is 11.7 Å². The SMILES string of the molecule is COc1ncc(-c2cc(NC[C@@H](C)C(SC)c3ccnc4c3OCCO4)ncn2)cc1CN. The van der Waals surface area contributed by atoms with E-state index in [4.69, 9.17) is 19.9 Å². The maximum Gasteiger partial charge on any atom is 0.257 e. The topological polar surface area (TPSA) is 117 Å². The third-order valence-electron chi connectivity index (χ3n) is 5.45. The van der Waals surface area contributed by atoms with Crippen molar-refractivity contribution in [3.8, 4) is 28.8 Å². The van der Waals surface area contributed by atoms with Crippen molar-refractivity contribution in [3.63, 3.8) is 0 Å². The summed E-state index contributed by atoms with van der Waals surface area (Å²) in [5, 5.41) is 3.65. The van der Waals surface area contributed by atoms with Gasteiger partial charge in [-0.05, 0) is 24.3 Å². The van der Waals surface area contributed by atoms with Gasteiger partial charge < -0.3 is 25.3 Å². The zero-order valence-corrected chi connectivity index (χ0v) is 19.8. The summed E-state index contributed by atoms with van der Waals surface area (Å²) in [5.74, 6) is 2.87. The Labute approximate surface area is 197 Å². The smallest absolute Gasteiger partial charge is 0.257 e. The van der Waals surface area contributed by atoms with Crippen molar-refractivity contribution in [2.45, 2.75) is 18.7 Å². The van der Waals surface area contributed by atoms with Crippen LogP contribution in [0, 0.1) is 5.92 Å². The van der Waals surface area contributed by atoms with E-state index < -0.39 is 0 Å². The van der Waals surface area contributed by atoms with Gasteiger partial charge in [0.25, 0.3) is 5.88 Å².